The molecule has 0 spiro atoms. The molecule has 2 heteroatoms. The average molecular weight is 252 g/mol. The lowest BCUT2D eigenvalue weighted by atomic mass is 9.96. The summed E-state index contributed by atoms with van der Waals surface area (Å²) >= 11 is 0. The van der Waals surface area contributed by atoms with Crippen LogP contribution in [-0.4, -0.2) is 10.9 Å². The molecule has 0 saturated heterocycles. The number of ketones is 1. The monoisotopic (exact) mass is 252 g/mol. The van der Waals surface area contributed by atoms with Crippen LogP contribution in [0.25, 0.3) is 0 Å². The van der Waals surface area contributed by atoms with Crippen molar-refractivity contribution < 1.29 is 9.90 Å². The smallest absolute Gasteiger partial charge is 0.163 e. The molecule has 0 fully saturated rings. The molecule has 2 nitrogen and oxygen atoms in total. The Morgan fingerprint density at radius 1 is 0.947 bits per heavy atom. The van der Waals surface area contributed by atoms with Crippen molar-refractivity contribution in [2.45, 2.75) is 25.7 Å². The molecule has 0 aromatic heterocycles. The Balaban J connectivity index is 1.89. The highest BCUT2D eigenvalue weighted by Gasteiger charge is 2.24. The predicted octanol–water partition coefficient (Wildman–Crippen LogP) is 3.31. The van der Waals surface area contributed by atoms with E-state index in [1.165, 1.54) is 5.56 Å². The van der Waals surface area contributed by atoms with Gasteiger partial charge in [0.25, 0.3) is 0 Å². The minimum atomic E-state index is 0.175. The lowest BCUT2D eigenvalue weighted by Crippen LogP contribution is -2.02. The van der Waals surface area contributed by atoms with Gasteiger partial charge in [-0.15, -0.1) is 0 Å². The summed E-state index contributed by atoms with van der Waals surface area (Å²) in [6.07, 6.45) is 2.95. The van der Waals surface area contributed by atoms with E-state index in [9.17, 15) is 9.90 Å². The normalized spacial score (nSPS) is 13.6. The van der Waals surface area contributed by atoms with Gasteiger partial charge < -0.3 is 5.11 Å². The fourth-order valence-corrected chi connectivity index (χ4v) is 2.78. The van der Waals surface area contributed by atoms with Crippen LogP contribution in [0.4, 0.5) is 0 Å². The van der Waals surface area contributed by atoms with Gasteiger partial charge in [-0.1, -0.05) is 36.4 Å². The molecule has 0 heterocycles. The maximum absolute atomic E-state index is 11.9. The van der Waals surface area contributed by atoms with Crippen LogP contribution >= 0.6 is 0 Å². The van der Waals surface area contributed by atoms with E-state index >= 15 is 0 Å². The van der Waals surface area contributed by atoms with E-state index in [1.54, 1.807) is 6.07 Å². The first kappa shape index (κ1) is 12.0. The molecule has 0 amide bonds. The van der Waals surface area contributed by atoms with Crippen molar-refractivity contribution in [1.29, 1.82) is 0 Å². The second kappa shape index (κ2) is 4.88. The Labute approximate surface area is 112 Å². The molecule has 0 unspecified atom stereocenters. The van der Waals surface area contributed by atoms with Crippen molar-refractivity contribution in [3.8, 4) is 5.75 Å². The van der Waals surface area contributed by atoms with Gasteiger partial charge in [0.15, 0.2) is 5.78 Å². The van der Waals surface area contributed by atoms with Crippen molar-refractivity contribution >= 4 is 5.78 Å². The Morgan fingerprint density at radius 3 is 2.53 bits per heavy atom. The summed E-state index contributed by atoms with van der Waals surface area (Å²) in [6.45, 7) is 0. The lowest BCUT2D eigenvalue weighted by molar-refractivity contribution is 0.0993. The molecular weight excluding hydrogens is 236 g/mol. The van der Waals surface area contributed by atoms with Gasteiger partial charge in [-0.3, -0.25) is 4.79 Å². The fraction of sp³-hybridized carbons (Fsp3) is 0.235. The molecule has 0 aliphatic heterocycles. The van der Waals surface area contributed by atoms with Gasteiger partial charge in [0.1, 0.15) is 5.75 Å². The summed E-state index contributed by atoms with van der Waals surface area (Å²) in [7, 11) is 0. The first-order chi connectivity index (χ1) is 9.25. The maximum Gasteiger partial charge on any atom is 0.163 e. The van der Waals surface area contributed by atoms with Gasteiger partial charge in [0.05, 0.1) is 0 Å². The first-order valence-electron chi connectivity index (χ1n) is 6.66. The molecule has 2 aromatic carbocycles. The molecule has 0 bridgehead atoms. The van der Waals surface area contributed by atoms with E-state index in [-0.39, 0.29) is 11.5 Å². The quantitative estimate of drug-likeness (QED) is 0.910. The molecule has 2 aromatic rings. The molecule has 0 atom stereocenters. The van der Waals surface area contributed by atoms with Gasteiger partial charge in [0.2, 0.25) is 0 Å². The Bertz CT molecular complexity index is 615. The van der Waals surface area contributed by atoms with E-state index < -0.39 is 0 Å². The standard InChI is InChI=1S/C17H16O2/c18-15-10-7-13-8-11-16(19)17(13)14(15)9-6-12-4-2-1-3-5-12/h1-5,7,10,18H,6,8-9,11H2. The Hall–Kier alpha value is -2.09. The van der Waals surface area contributed by atoms with Crippen LogP contribution < -0.4 is 0 Å². The summed E-state index contributed by atoms with van der Waals surface area (Å²) in [5.74, 6) is 0.430. The second-order valence-corrected chi connectivity index (χ2v) is 5.01. The van der Waals surface area contributed by atoms with Crippen molar-refractivity contribution in [3.05, 3.63) is 64.7 Å². The van der Waals surface area contributed by atoms with Gasteiger partial charge >= 0.3 is 0 Å². The number of phenolic OH excluding ortho intramolecular Hbond substituents is 1. The number of hydrogen-bond acceptors (Lipinski definition) is 2. The zero-order valence-electron chi connectivity index (χ0n) is 10.7. The zero-order chi connectivity index (χ0) is 13.2. The van der Waals surface area contributed by atoms with E-state index in [0.29, 0.717) is 12.8 Å². The van der Waals surface area contributed by atoms with Crippen LogP contribution in [0.15, 0.2) is 42.5 Å². The molecule has 0 radical (unpaired) electrons. The van der Waals surface area contributed by atoms with Crippen LogP contribution in [0.2, 0.25) is 0 Å². The third-order valence-electron chi connectivity index (χ3n) is 3.78. The highest BCUT2D eigenvalue weighted by atomic mass is 16.3. The number of aromatic hydroxyl groups is 1. The topological polar surface area (TPSA) is 37.3 Å². The fourth-order valence-electron chi connectivity index (χ4n) is 2.78. The highest BCUT2D eigenvalue weighted by molar-refractivity contribution is 6.02. The van der Waals surface area contributed by atoms with E-state index in [4.69, 9.17) is 0 Å². The number of benzene rings is 2. The van der Waals surface area contributed by atoms with E-state index in [1.807, 2.05) is 24.3 Å². The number of carbonyl (C=O) groups excluding carboxylic acids is 1. The highest BCUT2D eigenvalue weighted by Crippen LogP contribution is 2.32. The Morgan fingerprint density at radius 2 is 1.74 bits per heavy atom. The second-order valence-electron chi connectivity index (χ2n) is 5.01. The number of hydrogen-bond donors (Lipinski definition) is 1. The molecule has 1 N–H and O–H groups in total. The van der Waals surface area contributed by atoms with Crippen molar-refractivity contribution in [2.75, 3.05) is 0 Å². The first-order valence-corrected chi connectivity index (χ1v) is 6.66. The number of carbonyl (C=O) groups is 1. The van der Waals surface area contributed by atoms with Crippen molar-refractivity contribution in [1.82, 2.24) is 0 Å². The van der Waals surface area contributed by atoms with Crippen LogP contribution in [-0.2, 0) is 19.3 Å². The molecular formula is C17H16O2. The average Bonchev–Trinajstić information content (AvgIpc) is 2.81. The minimum absolute atomic E-state index is 0.175. The number of fused-ring (bicyclic) bond motifs is 1. The summed E-state index contributed by atoms with van der Waals surface area (Å²) in [6, 6.07) is 13.7. The van der Waals surface area contributed by atoms with Gasteiger partial charge in [0, 0.05) is 17.5 Å². The molecule has 19 heavy (non-hydrogen) atoms. The molecule has 1 aliphatic carbocycles. The van der Waals surface area contributed by atoms with Crippen molar-refractivity contribution in [3.63, 3.8) is 0 Å². The molecule has 96 valence electrons. The molecule has 3 rings (SSSR count). The van der Waals surface area contributed by atoms with Crippen LogP contribution in [0.5, 0.6) is 5.75 Å². The number of rotatable bonds is 3. The van der Waals surface area contributed by atoms with Gasteiger partial charge in [-0.05, 0) is 36.5 Å². The SMILES string of the molecule is O=C1CCc2ccc(O)c(CCc3ccccc3)c21. The summed E-state index contributed by atoms with van der Waals surface area (Å²) in [4.78, 5) is 11.9. The Kier molecular flexibility index (Phi) is 3.08. The van der Waals surface area contributed by atoms with E-state index in [2.05, 4.69) is 12.1 Å². The van der Waals surface area contributed by atoms with Crippen molar-refractivity contribution in [2.24, 2.45) is 0 Å². The van der Waals surface area contributed by atoms with Crippen LogP contribution in [0.3, 0.4) is 0 Å². The third kappa shape index (κ3) is 2.26. The number of Topliss-reactive ketones (excluding diaryl/α,β-unsaturated/α-hetero) is 1. The minimum Gasteiger partial charge on any atom is -0.508 e. The zero-order valence-corrected chi connectivity index (χ0v) is 10.7. The predicted molar refractivity (Wildman–Crippen MR) is 74.6 cm³/mol. The third-order valence-corrected chi connectivity index (χ3v) is 3.78. The summed E-state index contributed by atoms with van der Waals surface area (Å²) < 4.78 is 0. The maximum atomic E-state index is 11.9. The largest absolute Gasteiger partial charge is 0.508 e. The van der Waals surface area contributed by atoms with Gasteiger partial charge in [-0.25, -0.2) is 0 Å². The van der Waals surface area contributed by atoms with E-state index in [0.717, 1.165) is 29.5 Å². The number of aryl methyl sites for hydroxylation is 2. The summed E-state index contributed by atoms with van der Waals surface area (Å²) in [5.41, 5.74) is 3.91. The molecule has 0 saturated carbocycles. The van der Waals surface area contributed by atoms with Gasteiger partial charge in [-0.2, -0.15) is 0 Å². The van der Waals surface area contributed by atoms with Crippen LogP contribution in [0, 0.1) is 0 Å². The lowest BCUT2D eigenvalue weighted by Gasteiger charge is -2.10. The number of phenols is 1. The summed E-state index contributed by atoms with van der Waals surface area (Å²) in [5, 5.41) is 10.0. The molecule has 1 aliphatic rings. The van der Waals surface area contributed by atoms with Crippen LogP contribution in [0.1, 0.15) is 33.5 Å².